The molecule has 0 spiro atoms. The van der Waals surface area contributed by atoms with Crippen LogP contribution in [-0.4, -0.2) is 23.7 Å². The van der Waals surface area contributed by atoms with Crippen molar-refractivity contribution in [1.29, 1.82) is 0 Å². The maximum absolute atomic E-state index is 5.76. The average Bonchev–Trinajstić information content (AvgIpc) is 2.37. The highest BCUT2D eigenvalue weighted by Crippen LogP contribution is 2.25. The van der Waals surface area contributed by atoms with Gasteiger partial charge in [0.1, 0.15) is 12.4 Å². The quantitative estimate of drug-likeness (QED) is 0.824. The van der Waals surface area contributed by atoms with Crippen LogP contribution in [0.5, 0.6) is 5.88 Å². The van der Waals surface area contributed by atoms with E-state index in [1.54, 1.807) is 13.2 Å². The molecule has 104 valence electrons. The number of nitrogens with two attached hydrogens (primary N) is 1. The lowest BCUT2D eigenvalue weighted by atomic mass is 9.85. The van der Waals surface area contributed by atoms with Crippen LogP contribution in [0.4, 0.5) is 5.82 Å². The summed E-state index contributed by atoms with van der Waals surface area (Å²) in [5.74, 6) is 2.67. The van der Waals surface area contributed by atoms with Crippen molar-refractivity contribution in [2.45, 2.75) is 26.4 Å². The van der Waals surface area contributed by atoms with Crippen molar-refractivity contribution in [2.75, 3.05) is 19.5 Å². The number of rotatable bonds is 5. The molecule has 0 amide bonds. The van der Waals surface area contributed by atoms with E-state index in [0.29, 0.717) is 42.6 Å². The number of allylic oxidation sites excluding steroid dienone is 2. The zero-order chi connectivity index (χ0) is 13.7. The second-order valence-corrected chi connectivity index (χ2v) is 4.97. The minimum Gasteiger partial charge on any atom is -0.477 e. The summed E-state index contributed by atoms with van der Waals surface area (Å²) >= 11 is 0. The van der Waals surface area contributed by atoms with E-state index in [9.17, 15) is 0 Å². The lowest BCUT2D eigenvalue weighted by molar-refractivity contribution is 0.171. The first kappa shape index (κ1) is 13.8. The number of nitrogens with zero attached hydrogens (tertiary/aromatic N) is 2. The molecule has 2 unspecified atom stereocenters. The van der Waals surface area contributed by atoms with Crippen molar-refractivity contribution in [1.82, 2.24) is 9.97 Å². The van der Waals surface area contributed by atoms with Gasteiger partial charge in [-0.3, -0.25) is 0 Å². The standard InChI is InChI=1S/C14H21N3O2/c1-10-5-3-4-6-11(10)8-19-14-7-12(15)16-13(17-14)9-18-2/h3-4,7,10-11H,5-6,8-9H2,1-2H3,(H2,15,16,17). The third-order valence-electron chi connectivity index (χ3n) is 3.41. The normalized spacial score (nSPS) is 22.4. The monoisotopic (exact) mass is 263 g/mol. The molecule has 19 heavy (non-hydrogen) atoms. The minimum absolute atomic E-state index is 0.337. The topological polar surface area (TPSA) is 70.3 Å². The summed E-state index contributed by atoms with van der Waals surface area (Å²) in [4.78, 5) is 8.36. The highest BCUT2D eigenvalue weighted by molar-refractivity contribution is 5.32. The number of hydrogen-bond donors (Lipinski definition) is 1. The van der Waals surface area contributed by atoms with Gasteiger partial charge >= 0.3 is 0 Å². The van der Waals surface area contributed by atoms with Crippen molar-refractivity contribution in [3.05, 3.63) is 24.0 Å². The third kappa shape index (κ3) is 3.92. The second kappa shape index (κ2) is 6.52. The Morgan fingerprint density at radius 2 is 2.11 bits per heavy atom. The predicted molar refractivity (Wildman–Crippen MR) is 73.7 cm³/mol. The average molecular weight is 263 g/mol. The maximum atomic E-state index is 5.76. The van der Waals surface area contributed by atoms with Gasteiger partial charge in [-0.15, -0.1) is 0 Å². The summed E-state index contributed by atoms with van der Waals surface area (Å²) in [5, 5.41) is 0. The van der Waals surface area contributed by atoms with E-state index in [0.717, 1.165) is 12.8 Å². The van der Waals surface area contributed by atoms with E-state index in [4.69, 9.17) is 15.2 Å². The van der Waals surface area contributed by atoms with Crippen LogP contribution in [0.1, 0.15) is 25.6 Å². The van der Waals surface area contributed by atoms with Crippen LogP contribution < -0.4 is 10.5 Å². The van der Waals surface area contributed by atoms with Crippen LogP contribution in [0.3, 0.4) is 0 Å². The Kier molecular flexibility index (Phi) is 4.74. The van der Waals surface area contributed by atoms with Crippen molar-refractivity contribution in [3.63, 3.8) is 0 Å². The van der Waals surface area contributed by atoms with Crippen molar-refractivity contribution in [3.8, 4) is 5.88 Å². The molecule has 0 saturated carbocycles. The molecule has 5 nitrogen and oxygen atoms in total. The zero-order valence-corrected chi connectivity index (χ0v) is 11.5. The van der Waals surface area contributed by atoms with Gasteiger partial charge in [-0.1, -0.05) is 19.1 Å². The van der Waals surface area contributed by atoms with Crippen LogP contribution in [0.2, 0.25) is 0 Å². The van der Waals surface area contributed by atoms with Gasteiger partial charge in [0.05, 0.1) is 6.61 Å². The molecular formula is C14H21N3O2. The van der Waals surface area contributed by atoms with Gasteiger partial charge in [-0.2, -0.15) is 4.98 Å². The number of nitrogen functional groups attached to an aromatic ring is 1. The predicted octanol–water partition coefficient (Wildman–Crippen LogP) is 2.19. The Labute approximate surface area is 113 Å². The van der Waals surface area contributed by atoms with E-state index in [-0.39, 0.29) is 0 Å². The molecule has 1 aliphatic carbocycles. The van der Waals surface area contributed by atoms with Gasteiger partial charge in [-0.25, -0.2) is 4.98 Å². The molecule has 1 aromatic rings. The summed E-state index contributed by atoms with van der Waals surface area (Å²) in [6.45, 7) is 3.25. The van der Waals surface area contributed by atoms with Crippen LogP contribution in [0, 0.1) is 11.8 Å². The Morgan fingerprint density at radius 1 is 1.32 bits per heavy atom. The van der Waals surface area contributed by atoms with E-state index in [1.807, 2.05) is 0 Å². The number of aromatic nitrogens is 2. The number of hydrogen-bond acceptors (Lipinski definition) is 5. The molecule has 2 rings (SSSR count). The van der Waals surface area contributed by atoms with Gasteiger partial charge in [0, 0.05) is 13.2 Å². The van der Waals surface area contributed by atoms with Crippen LogP contribution in [-0.2, 0) is 11.3 Å². The van der Waals surface area contributed by atoms with E-state index in [2.05, 4.69) is 29.0 Å². The molecule has 0 aromatic carbocycles. The molecule has 1 aromatic heterocycles. The molecule has 0 fully saturated rings. The fourth-order valence-corrected chi connectivity index (χ4v) is 2.19. The van der Waals surface area contributed by atoms with Crippen molar-refractivity contribution < 1.29 is 9.47 Å². The smallest absolute Gasteiger partial charge is 0.218 e. The van der Waals surface area contributed by atoms with Crippen LogP contribution in [0.25, 0.3) is 0 Å². The molecule has 0 aliphatic heterocycles. The summed E-state index contributed by atoms with van der Waals surface area (Å²) in [7, 11) is 1.60. The minimum atomic E-state index is 0.337. The molecular weight excluding hydrogens is 242 g/mol. The Hall–Kier alpha value is -1.62. The highest BCUT2D eigenvalue weighted by Gasteiger charge is 2.19. The molecule has 0 bridgehead atoms. The third-order valence-corrected chi connectivity index (χ3v) is 3.41. The lowest BCUT2D eigenvalue weighted by Gasteiger charge is -2.24. The molecule has 5 heteroatoms. The van der Waals surface area contributed by atoms with Gasteiger partial charge in [-0.05, 0) is 24.7 Å². The molecule has 0 saturated heterocycles. The molecule has 2 N–H and O–H groups in total. The summed E-state index contributed by atoms with van der Waals surface area (Å²) in [6.07, 6.45) is 6.64. The Morgan fingerprint density at radius 3 is 2.84 bits per heavy atom. The summed E-state index contributed by atoms with van der Waals surface area (Å²) in [6, 6.07) is 1.66. The number of anilines is 1. The molecule has 1 aliphatic rings. The SMILES string of the molecule is COCc1nc(N)cc(OCC2CC=CCC2C)n1. The van der Waals surface area contributed by atoms with Gasteiger partial charge in [0.15, 0.2) is 5.82 Å². The fraction of sp³-hybridized carbons (Fsp3) is 0.571. The second-order valence-electron chi connectivity index (χ2n) is 4.97. The van der Waals surface area contributed by atoms with E-state index < -0.39 is 0 Å². The number of methoxy groups -OCH3 is 1. The first-order chi connectivity index (χ1) is 9.19. The van der Waals surface area contributed by atoms with Crippen molar-refractivity contribution >= 4 is 5.82 Å². The Balaban J connectivity index is 1.96. The summed E-state index contributed by atoms with van der Waals surface area (Å²) in [5.41, 5.74) is 5.73. The Bertz CT molecular complexity index is 448. The van der Waals surface area contributed by atoms with Gasteiger partial charge < -0.3 is 15.2 Å². The zero-order valence-electron chi connectivity index (χ0n) is 11.5. The van der Waals surface area contributed by atoms with E-state index >= 15 is 0 Å². The largest absolute Gasteiger partial charge is 0.477 e. The highest BCUT2D eigenvalue weighted by atomic mass is 16.5. The lowest BCUT2D eigenvalue weighted by Crippen LogP contribution is -2.21. The molecule has 0 radical (unpaired) electrons. The van der Waals surface area contributed by atoms with Gasteiger partial charge in [0.25, 0.3) is 0 Å². The van der Waals surface area contributed by atoms with Crippen molar-refractivity contribution in [2.24, 2.45) is 11.8 Å². The van der Waals surface area contributed by atoms with Gasteiger partial charge in [0.2, 0.25) is 5.88 Å². The van der Waals surface area contributed by atoms with E-state index in [1.165, 1.54) is 0 Å². The first-order valence-electron chi connectivity index (χ1n) is 6.59. The van der Waals surface area contributed by atoms with Crippen LogP contribution in [0.15, 0.2) is 18.2 Å². The molecule has 1 heterocycles. The fourth-order valence-electron chi connectivity index (χ4n) is 2.19. The maximum Gasteiger partial charge on any atom is 0.218 e. The number of ether oxygens (including phenoxy) is 2. The summed E-state index contributed by atoms with van der Waals surface area (Å²) < 4.78 is 10.8. The first-order valence-corrected chi connectivity index (χ1v) is 6.59. The van der Waals surface area contributed by atoms with Crippen LogP contribution >= 0.6 is 0 Å². The molecule has 2 atom stereocenters.